The van der Waals surface area contributed by atoms with E-state index < -0.39 is 17.3 Å². The molecule has 0 bridgehead atoms. The molecule has 0 saturated carbocycles. The highest BCUT2D eigenvalue weighted by Gasteiger charge is 2.33. The summed E-state index contributed by atoms with van der Waals surface area (Å²) < 4.78 is 38.2. The Bertz CT molecular complexity index is 718. The Morgan fingerprint density at radius 3 is 2.48 bits per heavy atom. The van der Waals surface area contributed by atoms with Gasteiger partial charge < -0.3 is 5.32 Å². The molecule has 2 nitrogen and oxygen atoms in total. The summed E-state index contributed by atoms with van der Waals surface area (Å²) in [5.41, 5.74) is 0.504. The molecule has 0 spiro atoms. The van der Waals surface area contributed by atoms with Crippen molar-refractivity contribution in [2.24, 2.45) is 0 Å². The van der Waals surface area contributed by atoms with Crippen molar-refractivity contribution in [2.75, 3.05) is 5.32 Å². The summed E-state index contributed by atoms with van der Waals surface area (Å²) in [6.45, 7) is 1.87. The van der Waals surface area contributed by atoms with Crippen LogP contribution < -0.4 is 5.32 Å². The average Bonchev–Trinajstić information content (AvgIpc) is 2.41. The molecule has 2 aromatic carbocycles. The van der Waals surface area contributed by atoms with Gasteiger partial charge in [-0.1, -0.05) is 17.7 Å². The number of hydrogen-bond donors (Lipinski definition) is 1. The number of alkyl halides is 3. The van der Waals surface area contributed by atoms with Crippen molar-refractivity contribution in [1.82, 2.24) is 0 Å². The van der Waals surface area contributed by atoms with Crippen LogP contribution >= 0.6 is 11.6 Å². The van der Waals surface area contributed by atoms with Gasteiger partial charge in [-0.05, 0) is 42.8 Å². The number of halogens is 4. The predicted octanol–water partition coefficient (Wildman–Crippen LogP) is 5.28. The Hall–Kier alpha value is -2.19. The Balaban J connectivity index is 2.39. The summed E-state index contributed by atoms with van der Waals surface area (Å²) in [5, 5.41) is 12.2. The number of anilines is 2. The van der Waals surface area contributed by atoms with Crippen molar-refractivity contribution < 1.29 is 13.2 Å². The summed E-state index contributed by atoms with van der Waals surface area (Å²) in [7, 11) is 0. The summed E-state index contributed by atoms with van der Waals surface area (Å²) in [6, 6.07) is 10.1. The minimum Gasteiger partial charge on any atom is -0.354 e. The first-order valence-corrected chi connectivity index (χ1v) is 6.33. The highest BCUT2D eigenvalue weighted by atomic mass is 35.5. The Morgan fingerprint density at radius 2 is 1.86 bits per heavy atom. The molecule has 108 valence electrons. The number of benzene rings is 2. The summed E-state index contributed by atoms with van der Waals surface area (Å²) >= 11 is 6.02. The van der Waals surface area contributed by atoms with Gasteiger partial charge in [0.2, 0.25) is 0 Å². The Kier molecular flexibility index (Phi) is 4.10. The van der Waals surface area contributed by atoms with E-state index in [1.807, 2.05) is 13.0 Å². The maximum atomic E-state index is 12.7. The van der Waals surface area contributed by atoms with Crippen molar-refractivity contribution in [3.63, 3.8) is 0 Å². The number of nitriles is 1. The van der Waals surface area contributed by atoms with Crippen molar-refractivity contribution in [3.8, 4) is 6.07 Å². The van der Waals surface area contributed by atoms with Gasteiger partial charge in [0.1, 0.15) is 0 Å². The van der Waals surface area contributed by atoms with Crippen LogP contribution in [0.3, 0.4) is 0 Å². The number of aryl methyl sites for hydroxylation is 1. The third-order valence-electron chi connectivity index (χ3n) is 2.85. The molecule has 1 N–H and O–H groups in total. The van der Waals surface area contributed by atoms with Gasteiger partial charge in [0.05, 0.1) is 27.9 Å². The Morgan fingerprint density at radius 1 is 1.14 bits per heavy atom. The monoisotopic (exact) mass is 310 g/mol. The lowest BCUT2D eigenvalue weighted by atomic mass is 10.1. The van der Waals surface area contributed by atoms with Crippen LogP contribution in [0.1, 0.15) is 16.7 Å². The number of nitrogens with zero attached hydrogens (tertiary/aromatic N) is 1. The van der Waals surface area contributed by atoms with Crippen molar-refractivity contribution >= 4 is 23.0 Å². The van der Waals surface area contributed by atoms with E-state index in [-0.39, 0.29) is 0 Å². The number of rotatable bonds is 2. The van der Waals surface area contributed by atoms with E-state index in [0.717, 1.165) is 17.7 Å². The molecule has 0 heterocycles. The normalized spacial score (nSPS) is 11.0. The minimum atomic E-state index is -4.55. The molecule has 0 aliphatic carbocycles. The van der Waals surface area contributed by atoms with E-state index in [0.29, 0.717) is 16.4 Å². The molecule has 0 unspecified atom stereocenters. The number of hydrogen-bond acceptors (Lipinski definition) is 2. The van der Waals surface area contributed by atoms with Crippen molar-refractivity contribution in [3.05, 3.63) is 58.1 Å². The molecule has 0 fully saturated rings. The summed E-state index contributed by atoms with van der Waals surface area (Å²) in [6.07, 6.45) is -4.55. The van der Waals surface area contributed by atoms with Crippen LogP contribution in [0.25, 0.3) is 0 Å². The van der Waals surface area contributed by atoms with Gasteiger partial charge in [0.15, 0.2) is 0 Å². The molecule has 2 aromatic rings. The largest absolute Gasteiger partial charge is 0.417 e. The van der Waals surface area contributed by atoms with Gasteiger partial charge in [-0.2, -0.15) is 18.4 Å². The van der Waals surface area contributed by atoms with E-state index in [4.69, 9.17) is 16.9 Å². The highest BCUT2D eigenvalue weighted by Crippen LogP contribution is 2.34. The molecule has 21 heavy (non-hydrogen) atoms. The third kappa shape index (κ3) is 3.47. The zero-order valence-corrected chi connectivity index (χ0v) is 11.7. The molecule has 0 saturated heterocycles. The van der Waals surface area contributed by atoms with Gasteiger partial charge >= 0.3 is 6.18 Å². The molecule has 0 atom stereocenters. The zero-order valence-electron chi connectivity index (χ0n) is 10.9. The highest BCUT2D eigenvalue weighted by molar-refractivity contribution is 6.33. The Labute approximate surface area is 124 Å². The fourth-order valence-corrected chi connectivity index (χ4v) is 2.02. The second-order valence-electron chi connectivity index (χ2n) is 4.48. The van der Waals surface area contributed by atoms with Gasteiger partial charge in [0, 0.05) is 5.69 Å². The lowest BCUT2D eigenvalue weighted by Crippen LogP contribution is -2.08. The van der Waals surface area contributed by atoms with Crippen LogP contribution in [0, 0.1) is 18.3 Å². The maximum Gasteiger partial charge on any atom is 0.417 e. The molecular weight excluding hydrogens is 301 g/mol. The smallest absolute Gasteiger partial charge is 0.354 e. The fraction of sp³-hybridized carbons (Fsp3) is 0.133. The molecule has 2 rings (SSSR count). The first kappa shape index (κ1) is 15.2. The van der Waals surface area contributed by atoms with E-state index in [1.54, 1.807) is 18.2 Å². The molecule has 6 heteroatoms. The van der Waals surface area contributed by atoms with Crippen LogP contribution in [-0.2, 0) is 6.18 Å². The molecule has 0 amide bonds. The predicted molar refractivity (Wildman–Crippen MR) is 75.6 cm³/mol. The van der Waals surface area contributed by atoms with Crippen LogP contribution in [0.15, 0.2) is 36.4 Å². The molecular formula is C15H10ClF3N2. The van der Waals surface area contributed by atoms with Crippen LogP contribution in [0.5, 0.6) is 0 Å². The third-order valence-corrected chi connectivity index (χ3v) is 3.18. The second kappa shape index (κ2) is 5.66. The van der Waals surface area contributed by atoms with Gasteiger partial charge in [-0.3, -0.25) is 0 Å². The van der Waals surface area contributed by atoms with Crippen molar-refractivity contribution in [1.29, 1.82) is 5.26 Å². The van der Waals surface area contributed by atoms with E-state index in [2.05, 4.69) is 5.32 Å². The van der Waals surface area contributed by atoms with Crippen LogP contribution in [0.4, 0.5) is 24.5 Å². The zero-order chi connectivity index (χ0) is 15.6. The SMILES string of the molecule is Cc1ccc(Cl)c(Nc2ccc(C(F)(F)F)c(C#N)c2)c1. The molecule has 0 radical (unpaired) electrons. The average molecular weight is 311 g/mol. The van der Waals surface area contributed by atoms with E-state index >= 15 is 0 Å². The summed E-state index contributed by atoms with van der Waals surface area (Å²) in [4.78, 5) is 0. The van der Waals surface area contributed by atoms with Gasteiger partial charge in [-0.15, -0.1) is 0 Å². The lowest BCUT2D eigenvalue weighted by molar-refractivity contribution is -0.137. The molecule has 0 aromatic heterocycles. The van der Waals surface area contributed by atoms with Crippen LogP contribution in [0.2, 0.25) is 5.02 Å². The van der Waals surface area contributed by atoms with Crippen molar-refractivity contribution in [2.45, 2.75) is 13.1 Å². The number of nitrogens with one attached hydrogen (secondary N) is 1. The maximum absolute atomic E-state index is 12.7. The minimum absolute atomic E-state index is 0.368. The van der Waals surface area contributed by atoms with Gasteiger partial charge in [-0.25, -0.2) is 0 Å². The topological polar surface area (TPSA) is 35.8 Å². The molecule has 0 aliphatic heterocycles. The lowest BCUT2D eigenvalue weighted by Gasteiger charge is -2.13. The van der Waals surface area contributed by atoms with E-state index in [1.165, 1.54) is 6.07 Å². The standard InChI is InChI=1S/C15H10ClF3N2/c1-9-2-5-13(16)14(6-9)21-11-3-4-12(15(17,18)19)10(7-11)8-20/h2-7,21H,1H3. The first-order chi connectivity index (χ1) is 9.81. The van der Waals surface area contributed by atoms with E-state index in [9.17, 15) is 13.2 Å². The summed E-state index contributed by atoms with van der Waals surface area (Å²) in [5.74, 6) is 0. The first-order valence-electron chi connectivity index (χ1n) is 5.96. The van der Waals surface area contributed by atoms with Crippen LogP contribution in [-0.4, -0.2) is 0 Å². The van der Waals surface area contributed by atoms with Gasteiger partial charge in [0.25, 0.3) is 0 Å². The quantitative estimate of drug-likeness (QED) is 0.819. The second-order valence-corrected chi connectivity index (χ2v) is 4.89. The molecule has 0 aliphatic rings. The fourth-order valence-electron chi connectivity index (χ4n) is 1.85.